The van der Waals surface area contributed by atoms with Gasteiger partial charge in [-0.2, -0.15) is 0 Å². The van der Waals surface area contributed by atoms with Crippen LogP contribution in [0, 0.1) is 0 Å². The molecule has 0 radical (unpaired) electrons. The second-order valence-corrected chi connectivity index (χ2v) is 5.12. The number of aromatic nitrogens is 1. The Labute approximate surface area is 106 Å². The number of likely N-dealkylation sites (tertiary alicyclic amines) is 1. The molecule has 0 aromatic carbocycles. The van der Waals surface area contributed by atoms with Crippen LogP contribution < -0.4 is 5.32 Å². The van der Waals surface area contributed by atoms with Crippen LogP contribution >= 0.6 is 11.3 Å². The predicted octanol–water partition coefficient (Wildman–Crippen LogP) is 2.13. The van der Waals surface area contributed by atoms with Gasteiger partial charge in [0.25, 0.3) is 0 Å². The molecule has 4 nitrogen and oxygen atoms in total. The summed E-state index contributed by atoms with van der Waals surface area (Å²) in [6, 6.07) is 0. The number of nitrogens with one attached hydrogen (secondary N) is 1. The SMILES string of the molecule is CCc1csc(NCCC(=O)N2CCCC2)n1. The molecule has 1 N–H and O–H groups in total. The van der Waals surface area contributed by atoms with Crippen molar-refractivity contribution in [2.75, 3.05) is 25.0 Å². The number of carbonyl (C=O) groups excluding carboxylic acids is 1. The summed E-state index contributed by atoms with van der Waals surface area (Å²) in [5.74, 6) is 0.266. The van der Waals surface area contributed by atoms with Crippen LogP contribution in [0.3, 0.4) is 0 Å². The summed E-state index contributed by atoms with van der Waals surface area (Å²) in [4.78, 5) is 18.1. The molecule has 1 aliphatic rings. The van der Waals surface area contributed by atoms with Crippen LogP contribution in [0.1, 0.15) is 31.9 Å². The molecule has 5 heteroatoms. The van der Waals surface area contributed by atoms with E-state index in [0.29, 0.717) is 13.0 Å². The van der Waals surface area contributed by atoms with E-state index in [9.17, 15) is 4.79 Å². The number of hydrogen-bond donors (Lipinski definition) is 1. The summed E-state index contributed by atoms with van der Waals surface area (Å²) in [5.41, 5.74) is 1.11. The number of carbonyl (C=O) groups is 1. The largest absolute Gasteiger partial charge is 0.361 e. The third kappa shape index (κ3) is 3.43. The highest BCUT2D eigenvalue weighted by molar-refractivity contribution is 7.13. The molecule has 0 unspecified atom stereocenters. The molecule has 1 saturated heterocycles. The first-order valence-electron chi connectivity index (χ1n) is 6.25. The van der Waals surface area contributed by atoms with Gasteiger partial charge in [-0.3, -0.25) is 4.79 Å². The van der Waals surface area contributed by atoms with Gasteiger partial charge in [-0.05, 0) is 19.3 Å². The number of anilines is 1. The second kappa shape index (κ2) is 6.00. The summed E-state index contributed by atoms with van der Waals surface area (Å²) in [6.07, 6.45) is 3.85. The van der Waals surface area contributed by atoms with Crippen molar-refractivity contribution in [3.8, 4) is 0 Å². The quantitative estimate of drug-likeness (QED) is 0.874. The smallest absolute Gasteiger partial charge is 0.224 e. The van der Waals surface area contributed by atoms with E-state index in [4.69, 9.17) is 0 Å². The van der Waals surface area contributed by atoms with E-state index in [0.717, 1.165) is 43.2 Å². The Balaban J connectivity index is 1.69. The Morgan fingerprint density at radius 1 is 1.53 bits per heavy atom. The molecule has 1 fully saturated rings. The molecule has 2 heterocycles. The predicted molar refractivity (Wildman–Crippen MR) is 70.4 cm³/mol. The van der Waals surface area contributed by atoms with Gasteiger partial charge in [-0.25, -0.2) is 4.98 Å². The van der Waals surface area contributed by atoms with Crippen molar-refractivity contribution in [3.63, 3.8) is 0 Å². The summed E-state index contributed by atoms with van der Waals surface area (Å²) in [5, 5.41) is 6.20. The van der Waals surface area contributed by atoms with E-state index < -0.39 is 0 Å². The monoisotopic (exact) mass is 253 g/mol. The molecule has 94 valence electrons. The van der Waals surface area contributed by atoms with Gasteiger partial charge in [-0.1, -0.05) is 6.92 Å². The van der Waals surface area contributed by atoms with Crippen LogP contribution in [0.15, 0.2) is 5.38 Å². The zero-order chi connectivity index (χ0) is 12.1. The van der Waals surface area contributed by atoms with Gasteiger partial charge in [0.15, 0.2) is 5.13 Å². The maximum Gasteiger partial charge on any atom is 0.224 e. The number of nitrogens with zero attached hydrogens (tertiary/aromatic N) is 2. The fourth-order valence-electron chi connectivity index (χ4n) is 1.95. The topological polar surface area (TPSA) is 45.2 Å². The van der Waals surface area contributed by atoms with Crippen LogP contribution in [0.5, 0.6) is 0 Å². The van der Waals surface area contributed by atoms with Crippen molar-refractivity contribution < 1.29 is 4.79 Å². The lowest BCUT2D eigenvalue weighted by atomic mass is 10.3. The minimum Gasteiger partial charge on any atom is -0.361 e. The molecule has 0 aliphatic carbocycles. The van der Waals surface area contributed by atoms with Crippen LogP contribution in [0.4, 0.5) is 5.13 Å². The molecule has 17 heavy (non-hydrogen) atoms. The van der Waals surface area contributed by atoms with Crippen LogP contribution in [0.2, 0.25) is 0 Å². The van der Waals surface area contributed by atoms with Gasteiger partial charge >= 0.3 is 0 Å². The van der Waals surface area contributed by atoms with Gasteiger partial charge in [0.2, 0.25) is 5.91 Å². The van der Waals surface area contributed by atoms with Crippen molar-refractivity contribution >= 4 is 22.4 Å². The van der Waals surface area contributed by atoms with Crippen molar-refractivity contribution in [1.29, 1.82) is 0 Å². The fourth-order valence-corrected chi connectivity index (χ4v) is 2.77. The van der Waals surface area contributed by atoms with Crippen LogP contribution in [0.25, 0.3) is 0 Å². The average molecular weight is 253 g/mol. The third-order valence-electron chi connectivity index (χ3n) is 2.99. The van der Waals surface area contributed by atoms with Gasteiger partial charge in [-0.15, -0.1) is 11.3 Å². The maximum atomic E-state index is 11.8. The van der Waals surface area contributed by atoms with E-state index in [1.165, 1.54) is 0 Å². The Morgan fingerprint density at radius 3 is 2.94 bits per heavy atom. The normalized spacial score (nSPS) is 15.2. The summed E-state index contributed by atoms with van der Waals surface area (Å²) in [7, 11) is 0. The maximum absolute atomic E-state index is 11.8. The molecule has 0 atom stereocenters. The first-order chi connectivity index (χ1) is 8.29. The Kier molecular flexibility index (Phi) is 4.36. The Hall–Kier alpha value is -1.10. The summed E-state index contributed by atoms with van der Waals surface area (Å²) < 4.78 is 0. The minimum atomic E-state index is 0.266. The molecule has 1 aromatic heterocycles. The van der Waals surface area contributed by atoms with Crippen molar-refractivity contribution in [2.24, 2.45) is 0 Å². The first-order valence-corrected chi connectivity index (χ1v) is 7.13. The summed E-state index contributed by atoms with van der Waals surface area (Å²) >= 11 is 1.61. The number of aryl methyl sites for hydroxylation is 1. The molecule has 0 spiro atoms. The third-order valence-corrected chi connectivity index (χ3v) is 3.84. The van der Waals surface area contributed by atoms with Gasteiger partial charge in [0.1, 0.15) is 0 Å². The lowest BCUT2D eigenvalue weighted by molar-refractivity contribution is -0.129. The van der Waals surface area contributed by atoms with E-state index in [1.807, 2.05) is 4.90 Å². The number of amides is 1. The second-order valence-electron chi connectivity index (χ2n) is 4.26. The standard InChI is InChI=1S/C12H19N3OS/c1-2-10-9-17-12(14-10)13-6-5-11(16)15-7-3-4-8-15/h9H,2-8H2,1H3,(H,13,14). The number of rotatable bonds is 5. The highest BCUT2D eigenvalue weighted by atomic mass is 32.1. The van der Waals surface area contributed by atoms with Gasteiger partial charge < -0.3 is 10.2 Å². The Morgan fingerprint density at radius 2 is 2.29 bits per heavy atom. The van der Waals surface area contributed by atoms with Crippen molar-refractivity contribution in [2.45, 2.75) is 32.6 Å². The highest BCUT2D eigenvalue weighted by Gasteiger charge is 2.17. The zero-order valence-electron chi connectivity index (χ0n) is 10.2. The highest BCUT2D eigenvalue weighted by Crippen LogP contribution is 2.15. The van der Waals surface area contributed by atoms with Gasteiger partial charge in [0.05, 0.1) is 5.69 Å². The molecular formula is C12H19N3OS. The van der Waals surface area contributed by atoms with Crippen LogP contribution in [-0.4, -0.2) is 35.4 Å². The van der Waals surface area contributed by atoms with E-state index in [2.05, 4.69) is 22.6 Å². The minimum absolute atomic E-state index is 0.266. The van der Waals surface area contributed by atoms with Crippen molar-refractivity contribution in [3.05, 3.63) is 11.1 Å². The summed E-state index contributed by atoms with van der Waals surface area (Å²) in [6.45, 7) is 4.66. The number of thiazole rings is 1. The lowest BCUT2D eigenvalue weighted by Crippen LogP contribution is -2.29. The number of hydrogen-bond acceptors (Lipinski definition) is 4. The molecule has 1 amide bonds. The molecular weight excluding hydrogens is 234 g/mol. The lowest BCUT2D eigenvalue weighted by Gasteiger charge is -2.14. The van der Waals surface area contributed by atoms with E-state index in [-0.39, 0.29) is 5.91 Å². The van der Waals surface area contributed by atoms with E-state index >= 15 is 0 Å². The molecule has 1 aromatic rings. The first kappa shape index (κ1) is 12.4. The molecule has 1 aliphatic heterocycles. The molecule has 0 saturated carbocycles. The Bertz CT molecular complexity index is 372. The van der Waals surface area contributed by atoms with Gasteiger partial charge in [0, 0.05) is 31.4 Å². The van der Waals surface area contributed by atoms with Crippen molar-refractivity contribution in [1.82, 2.24) is 9.88 Å². The van der Waals surface area contributed by atoms with E-state index in [1.54, 1.807) is 11.3 Å². The average Bonchev–Trinajstić information content (AvgIpc) is 3.00. The van der Waals surface area contributed by atoms with Crippen LogP contribution in [-0.2, 0) is 11.2 Å². The molecule has 2 rings (SSSR count). The molecule has 0 bridgehead atoms. The fraction of sp³-hybridized carbons (Fsp3) is 0.667. The zero-order valence-corrected chi connectivity index (χ0v) is 11.1.